The van der Waals surface area contributed by atoms with Crippen molar-refractivity contribution in [1.29, 1.82) is 0 Å². The topological polar surface area (TPSA) is 151 Å². The van der Waals surface area contributed by atoms with E-state index in [1.165, 1.54) is 26.0 Å². The maximum Gasteiger partial charge on any atom is 0.335 e. The van der Waals surface area contributed by atoms with Crippen LogP contribution in [0, 0.1) is 11.6 Å². The number of nitrogens with zero attached hydrogens (tertiary/aromatic N) is 9. The van der Waals surface area contributed by atoms with Crippen molar-refractivity contribution in [1.82, 2.24) is 43.1 Å². The van der Waals surface area contributed by atoms with Gasteiger partial charge in [0.2, 0.25) is 11.9 Å². The zero-order valence-electron chi connectivity index (χ0n) is 31.2. The lowest BCUT2D eigenvalue weighted by Crippen LogP contribution is -2.25. The fourth-order valence-corrected chi connectivity index (χ4v) is 7.25. The molecule has 57 heavy (non-hydrogen) atoms. The van der Waals surface area contributed by atoms with Crippen molar-refractivity contribution in [3.63, 3.8) is 0 Å². The highest BCUT2D eigenvalue weighted by Gasteiger charge is 2.25. The molecule has 2 N–H and O–H groups in total. The molecule has 0 amide bonds. The Morgan fingerprint density at radius 3 is 1.95 bits per heavy atom. The molecule has 1 atom stereocenters. The number of ether oxygens (including phenoxy) is 2. The Morgan fingerprint density at radius 1 is 0.754 bits per heavy atom. The molecule has 0 radical (unpaired) electrons. The third-order valence-corrected chi connectivity index (χ3v) is 10.3. The zero-order chi connectivity index (χ0) is 39.2. The van der Waals surface area contributed by atoms with Crippen LogP contribution in [0.3, 0.4) is 0 Å². The molecule has 1 aliphatic carbocycles. The smallest absolute Gasteiger partial charge is 0.335 e. The maximum absolute atomic E-state index is 14.8. The zero-order valence-corrected chi connectivity index (χ0v) is 31.2. The van der Waals surface area contributed by atoms with E-state index in [1.807, 2.05) is 19.2 Å². The number of likely N-dealkylation sites (tertiary alicyclic amines) is 1. The van der Waals surface area contributed by atoms with Crippen LogP contribution in [0.25, 0.3) is 33.7 Å². The number of rotatable bonds is 13. The molecule has 0 bridgehead atoms. The first kappa shape index (κ1) is 36.0. The van der Waals surface area contributed by atoms with Crippen LogP contribution < -0.4 is 31.5 Å². The molecule has 9 rings (SSSR count). The molecular formula is C40H39F2N11O4. The first-order valence-corrected chi connectivity index (χ1v) is 18.7. The lowest BCUT2D eigenvalue weighted by atomic mass is 10.2. The van der Waals surface area contributed by atoms with Crippen LogP contribution in [0.15, 0.2) is 88.7 Å². The largest absolute Gasteiger partial charge is 0.497 e. The van der Waals surface area contributed by atoms with Crippen molar-refractivity contribution in [2.45, 2.75) is 44.4 Å². The highest BCUT2D eigenvalue weighted by atomic mass is 19.1. The number of nitrogens with one attached hydrogen (secondary N) is 2. The first-order valence-electron chi connectivity index (χ1n) is 18.7. The van der Waals surface area contributed by atoms with E-state index in [9.17, 15) is 18.4 Å². The van der Waals surface area contributed by atoms with E-state index < -0.39 is 17.3 Å². The molecule has 1 unspecified atom stereocenters. The second-order valence-corrected chi connectivity index (χ2v) is 14.3. The third kappa shape index (κ3) is 7.05. The molecule has 1 saturated carbocycles. The van der Waals surface area contributed by atoms with Gasteiger partial charge in [0.1, 0.15) is 40.8 Å². The quantitative estimate of drug-likeness (QED) is 0.170. The fraction of sp³-hybridized carbons (Fsp3) is 0.300. The van der Waals surface area contributed by atoms with Crippen LogP contribution in [0.2, 0.25) is 0 Å². The highest BCUT2D eigenvalue weighted by molar-refractivity contribution is 5.75. The predicted molar refractivity (Wildman–Crippen MR) is 210 cm³/mol. The van der Waals surface area contributed by atoms with E-state index in [4.69, 9.17) is 19.4 Å². The number of benzene rings is 3. The van der Waals surface area contributed by atoms with Crippen molar-refractivity contribution in [2.24, 2.45) is 0 Å². The van der Waals surface area contributed by atoms with Gasteiger partial charge in [0.15, 0.2) is 11.3 Å². The summed E-state index contributed by atoms with van der Waals surface area (Å²) in [6.07, 6.45) is 6.11. The number of aromatic nitrogens is 8. The third-order valence-electron chi connectivity index (χ3n) is 10.3. The van der Waals surface area contributed by atoms with Gasteiger partial charge in [-0.05, 0) is 69.3 Å². The Morgan fingerprint density at radius 2 is 1.33 bits per heavy atom. The van der Waals surface area contributed by atoms with Gasteiger partial charge in [-0.1, -0.05) is 18.2 Å². The molecule has 15 nitrogen and oxygen atoms in total. The van der Waals surface area contributed by atoms with E-state index in [0.717, 1.165) is 44.5 Å². The number of imidazole rings is 2. The van der Waals surface area contributed by atoms with Gasteiger partial charge in [-0.3, -0.25) is 9.13 Å². The van der Waals surface area contributed by atoms with Crippen molar-refractivity contribution in [3.8, 4) is 22.9 Å². The molecule has 2 fully saturated rings. The lowest BCUT2D eigenvalue weighted by molar-refractivity contribution is 0.298. The second-order valence-electron chi connectivity index (χ2n) is 14.3. The van der Waals surface area contributed by atoms with Crippen molar-refractivity contribution >= 4 is 34.2 Å². The number of fused-ring (bicyclic) bond motifs is 2. The van der Waals surface area contributed by atoms with E-state index in [2.05, 4.69) is 25.5 Å². The fourth-order valence-electron chi connectivity index (χ4n) is 7.25. The first-order chi connectivity index (χ1) is 27.7. The van der Waals surface area contributed by atoms with Gasteiger partial charge in [-0.15, -0.1) is 0 Å². The van der Waals surface area contributed by atoms with Crippen LogP contribution in [0.1, 0.15) is 24.8 Å². The molecule has 7 aromatic rings. The summed E-state index contributed by atoms with van der Waals surface area (Å²) in [6.45, 7) is 1.59. The van der Waals surface area contributed by atoms with Crippen LogP contribution in [-0.2, 0) is 13.1 Å². The van der Waals surface area contributed by atoms with E-state index in [1.54, 1.807) is 54.3 Å². The summed E-state index contributed by atoms with van der Waals surface area (Å²) in [6, 6.07) is 18.1. The van der Waals surface area contributed by atoms with E-state index in [0.29, 0.717) is 57.5 Å². The van der Waals surface area contributed by atoms with Gasteiger partial charge in [0, 0.05) is 36.3 Å². The summed E-state index contributed by atoms with van der Waals surface area (Å²) in [5.74, 6) is 0.249. The van der Waals surface area contributed by atoms with Crippen molar-refractivity contribution < 1.29 is 18.3 Å². The summed E-state index contributed by atoms with van der Waals surface area (Å²) >= 11 is 0. The van der Waals surface area contributed by atoms with Crippen molar-refractivity contribution in [3.05, 3.63) is 117 Å². The standard InChI is InChI=1S/C40H39F2N11O4/c1-49-15-14-25(22-49)46-38-44-21-34-36(48-38)53(40(55)51(34)23-30-31(41)10-5-11-32(30)42)27-7-4-9-29(19-27)57-17-16-50-33-20-43-37(45-24-12-13-24)47-35(33)52(39(50)54)26-6-3-8-28(18-26)56-2/h3-11,18-21,24-25H,12-17,22-23H2,1-2H3,(H,43,45,47)(H,44,46,48). The summed E-state index contributed by atoms with van der Waals surface area (Å²) in [4.78, 5) is 48.9. The van der Waals surface area contributed by atoms with Gasteiger partial charge >= 0.3 is 11.4 Å². The van der Waals surface area contributed by atoms with Crippen LogP contribution >= 0.6 is 0 Å². The molecule has 2 aliphatic rings. The van der Waals surface area contributed by atoms with Gasteiger partial charge < -0.3 is 25.0 Å². The normalized spacial score (nSPS) is 15.8. The van der Waals surface area contributed by atoms with E-state index in [-0.39, 0.29) is 42.6 Å². The van der Waals surface area contributed by atoms with E-state index >= 15 is 0 Å². The van der Waals surface area contributed by atoms with Gasteiger partial charge in [0.25, 0.3) is 0 Å². The summed E-state index contributed by atoms with van der Waals surface area (Å²) in [7, 11) is 3.60. The Labute approximate surface area is 324 Å². The van der Waals surface area contributed by atoms with Crippen LogP contribution in [-0.4, -0.2) is 89.0 Å². The summed E-state index contributed by atoms with van der Waals surface area (Å²) in [5.41, 5.74) is 1.38. The Hall–Kier alpha value is -6.62. The highest BCUT2D eigenvalue weighted by Crippen LogP contribution is 2.26. The maximum atomic E-state index is 14.8. The van der Waals surface area contributed by atoms with Gasteiger partial charge in [-0.25, -0.2) is 37.5 Å². The summed E-state index contributed by atoms with van der Waals surface area (Å²) in [5, 5.41) is 6.67. The Kier molecular flexibility index (Phi) is 9.36. The molecule has 1 saturated heterocycles. The Balaban J connectivity index is 1.04. The van der Waals surface area contributed by atoms with Crippen LogP contribution in [0.5, 0.6) is 11.5 Å². The molecule has 292 valence electrons. The van der Waals surface area contributed by atoms with Gasteiger partial charge in [-0.2, -0.15) is 9.97 Å². The molecule has 17 heteroatoms. The number of halogens is 2. The minimum Gasteiger partial charge on any atom is -0.497 e. The van der Waals surface area contributed by atoms with Crippen LogP contribution in [0.4, 0.5) is 20.7 Å². The molecule has 1 aliphatic heterocycles. The molecule has 4 aromatic heterocycles. The van der Waals surface area contributed by atoms with Crippen molar-refractivity contribution in [2.75, 3.05) is 44.5 Å². The Bertz CT molecular complexity index is 2740. The molecule has 5 heterocycles. The SMILES string of the molecule is COc1cccc(-n2c(=O)n(CCOc3cccc(-n4c(=O)n(Cc5c(F)cccc5F)c5cnc(NC6CCN(C)C6)nc54)c3)c3cnc(NC4CC4)nc32)c1. The average Bonchev–Trinajstić information content (AvgIpc) is 3.77. The lowest BCUT2D eigenvalue weighted by Gasteiger charge is -2.13. The minimum atomic E-state index is -0.768. The number of likely N-dealkylation sites (N-methyl/N-ethyl adjacent to an activating group) is 1. The minimum absolute atomic E-state index is 0.0813. The number of anilines is 2. The van der Waals surface area contributed by atoms with Gasteiger partial charge in [0.05, 0.1) is 44.0 Å². The molecular weight excluding hydrogens is 737 g/mol. The molecule has 3 aromatic carbocycles. The number of hydrogen-bond donors (Lipinski definition) is 2. The predicted octanol–water partition coefficient (Wildman–Crippen LogP) is 4.58. The monoisotopic (exact) mass is 775 g/mol. The average molecular weight is 776 g/mol. The number of hydrogen-bond acceptors (Lipinski definition) is 11. The second kappa shape index (κ2) is 14.8. The molecule has 0 spiro atoms. The summed E-state index contributed by atoms with van der Waals surface area (Å²) < 4.78 is 47.1. The number of methoxy groups -OCH3 is 1.